The van der Waals surface area contributed by atoms with E-state index in [9.17, 15) is 9.59 Å². The maximum Gasteiger partial charge on any atom is 0.306 e. The second-order valence-electron chi connectivity index (χ2n) is 6.74. The molecule has 2 heterocycles. The van der Waals surface area contributed by atoms with Crippen molar-refractivity contribution in [3.8, 4) is 0 Å². The van der Waals surface area contributed by atoms with Gasteiger partial charge in [-0.05, 0) is 38.8 Å². The van der Waals surface area contributed by atoms with E-state index in [4.69, 9.17) is 4.74 Å². The van der Waals surface area contributed by atoms with Gasteiger partial charge < -0.3 is 15.0 Å². The summed E-state index contributed by atoms with van der Waals surface area (Å²) < 4.78 is 6.98. The number of aromatic nitrogens is 3. The molecule has 0 bridgehead atoms. The summed E-state index contributed by atoms with van der Waals surface area (Å²) >= 11 is 0. The maximum atomic E-state index is 12.3. The number of fused-ring (bicyclic) bond motifs is 1. The molecule has 0 saturated carbocycles. The van der Waals surface area contributed by atoms with Crippen molar-refractivity contribution in [1.82, 2.24) is 14.8 Å². The van der Waals surface area contributed by atoms with E-state index >= 15 is 0 Å². The van der Waals surface area contributed by atoms with E-state index in [1.807, 2.05) is 44.3 Å². The van der Waals surface area contributed by atoms with Gasteiger partial charge in [0.2, 0.25) is 0 Å². The van der Waals surface area contributed by atoms with Crippen LogP contribution in [0.15, 0.2) is 42.7 Å². The van der Waals surface area contributed by atoms with Gasteiger partial charge >= 0.3 is 5.97 Å². The number of aryl methyl sites for hydroxylation is 1. The number of para-hydroxylation sites is 1. The van der Waals surface area contributed by atoms with Gasteiger partial charge in [0.15, 0.2) is 6.10 Å². The Hall–Kier alpha value is -3.09. The number of rotatable bonds is 7. The van der Waals surface area contributed by atoms with Crippen LogP contribution in [0.1, 0.15) is 38.8 Å². The predicted octanol–water partition coefficient (Wildman–Crippen LogP) is 3.45. The predicted molar refractivity (Wildman–Crippen MR) is 103 cm³/mol. The van der Waals surface area contributed by atoms with Gasteiger partial charge in [-0.1, -0.05) is 18.2 Å². The van der Waals surface area contributed by atoms with Crippen LogP contribution in [0.2, 0.25) is 0 Å². The molecule has 2 aromatic heterocycles. The molecular weight excluding hydrogens is 344 g/mol. The number of hydrogen-bond donors (Lipinski definition) is 2. The second kappa shape index (κ2) is 8.07. The highest BCUT2D eigenvalue weighted by atomic mass is 16.5. The Morgan fingerprint density at radius 1 is 1.22 bits per heavy atom. The Kier molecular flexibility index (Phi) is 5.59. The van der Waals surface area contributed by atoms with Crippen LogP contribution in [-0.2, 0) is 20.7 Å². The summed E-state index contributed by atoms with van der Waals surface area (Å²) in [5.41, 5.74) is 2.09. The summed E-state index contributed by atoms with van der Waals surface area (Å²) in [5.74, 6) is -0.199. The minimum atomic E-state index is -0.879. The van der Waals surface area contributed by atoms with Crippen molar-refractivity contribution in [1.29, 1.82) is 0 Å². The lowest BCUT2D eigenvalue weighted by atomic mass is 10.1. The average molecular weight is 368 g/mol. The van der Waals surface area contributed by atoms with Gasteiger partial charge in [0, 0.05) is 35.6 Å². The van der Waals surface area contributed by atoms with Gasteiger partial charge in [0.25, 0.3) is 5.91 Å². The molecule has 3 rings (SSSR count). The lowest BCUT2D eigenvalue weighted by molar-refractivity contribution is -0.153. The number of amides is 1. The van der Waals surface area contributed by atoms with Crippen LogP contribution in [0.25, 0.3) is 10.9 Å². The number of carbonyl (C=O) groups excluding carboxylic acids is 2. The van der Waals surface area contributed by atoms with Crippen molar-refractivity contribution in [2.24, 2.45) is 0 Å². The molecule has 27 heavy (non-hydrogen) atoms. The Morgan fingerprint density at radius 3 is 2.78 bits per heavy atom. The van der Waals surface area contributed by atoms with Gasteiger partial charge in [-0.25, -0.2) is 4.68 Å². The van der Waals surface area contributed by atoms with Crippen LogP contribution in [0, 0.1) is 0 Å². The molecule has 0 aliphatic carbocycles. The minimum absolute atomic E-state index is 0.115. The molecule has 7 heteroatoms. The number of nitrogens with zero attached hydrogens (tertiary/aromatic N) is 2. The van der Waals surface area contributed by atoms with Crippen molar-refractivity contribution in [3.05, 3.63) is 48.3 Å². The summed E-state index contributed by atoms with van der Waals surface area (Å²) in [6.45, 7) is 5.50. The summed E-state index contributed by atoms with van der Waals surface area (Å²) in [4.78, 5) is 27.6. The number of nitrogens with one attached hydrogen (secondary N) is 2. The molecule has 3 aromatic rings. The van der Waals surface area contributed by atoms with Crippen LogP contribution in [-0.4, -0.2) is 32.7 Å². The molecule has 0 aliphatic heterocycles. The molecule has 0 unspecified atom stereocenters. The normalized spacial score (nSPS) is 12.3. The molecule has 0 fully saturated rings. The molecule has 0 radical (unpaired) electrons. The monoisotopic (exact) mass is 368 g/mol. The van der Waals surface area contributed by atoms with E-state index in [0.717, 1.165) is 16.5 Å². The zero-order valence-corrected chi connectivity index (χ0v) is 15.7. The highest BCUT2D eigenvalue weighted by Crippen LogP contribution is 2.19. The van der Waals surface area contributed by atoms with E-state index in [-0.39, 0.29) is 18.4 Å². The Labute approximate surface area is 157 Å². The van der Waals surface area contributed by atoms with Crippen molar-refractivity contribution in [2.45, 2.75) is 45.8 Å². The molecule has 1 amide bonds. The number of benzene rings is 1. The standard InChI is InChI=1S/C20H24N4O3/c1-13(2)24-18(10-11-22-24)23-20(26)14(3)27-19(25)9-8-15-12-21-17-7-5-4-6-16(15)17/h4-7,10-14,21H,8-9H2,1-3H3,(H,23,26)/t14-/m0/s1. The number of ether oxygens (including phenoxy) is 1. The first kappa shape index (κ1) is 18.7. The van der Waals surface area contributed by atoms with Crippen LogP contribution in [0.3, 0.4) is 0 Å². The molecule has 2 N–H and O–H groups in total. The average Bonchev–Trinajstić information content (AvgIpc) is 3.26. The van der Waals surface area contributed by atoms with Crippen molar-refractivity contribution in [2.75, 3.05) is 5.32 Å². The first-order valence-corrected chi connectivity index (χ1v) is 9.04. The van der Waals surface area contributed by atoms with Gasteiger partial charge in [-0.3, -0.25) is 9.59 Å². The number of esters is 1. The van der Waals surface area contributed by atoms with Gasteiger partial charge in [0.1, 0.15) is 5.82 Å². The summed E-state index contributed by atoms with van der Waals surface area (Å²) in [6, 6.07) is 9.76. The Bertz CT molecular complexity index is 942. The molecule has 0 saturated heterocycles. The molecule has 7 nitrogen and oxygen atoms in total. The number of anilines is 1. The zero-order valence-electron chi connectivity index (χ0n) is 15.7. The SMILES string of the molecule is CC(C)n1nccc1NC(=O)[C@H](C)OC(=O)CCc1c[nH]c2ccccc12. The third kappa shape index (κ3) is 4.36. The fourth-order valence-corrected chi connectivity index (χ4v) is 2.94. The molecule has 0 spiro atoms. The summed E-state index contributed by atoms with van der Waals surface area (Å²) in [5, 5.41) is 8.01. The van der Waals surface area contributed by atoms with Crippen LogP contribution in [0.5, 0.6) is 0 Å². The van der Waals surface area contributed by atoms with Crippen LogP contribution >= 0.6 is 0 Å². The second-order valence-corrected chi connectivity index (χ2v) is 6.74. The van der Waals surface area contributed by atoms with Gasteiger partial charge in [-0.2, -0.15) is 5.10 Å². The van der Waals surface area contributed by atoms with Crippen LogP contribution in [0.4, 0.5) is 5.82 Å². The molecule has 1 atom stereocenters. The lowest BCUT2D eigenvalue weighted by Crippen LogP contribution is -2.31. The van der Waals surface area contributed by atoms with Crippen LogP contribution < -0.4 is 5.32 Å². The minimum Gasteiger partial charge on any atom is -0.453 e. The third-order valence-corrected chi connectivity index (χ3v) is 4.36. The zero-order chi connectivity index (χ0) is 19.4. The Balaban J connectivity index is 1.52. The summed E-state index contributed by atoms with van der Waals surface area (Å²) in [7, 11) is 0. The Morgan fingerprint density at radius 2 is 2.00 bits per heavy atom. The third-order valence-electron chi connectivity index (χ3n) is 4.36. The number of hydrogen-bond acceptors (Lipinski definition) is 4. The molecule has 142 valence electrons. The van der Waals surface area contributed by atoms with Crippen molar-refractivity contribution in [3.63, 3.8) is 0 Å². The largest absolute Gasteiger partial charge is 0.453 e. The highest BCUT2D eigenvalue weighted by Gasteiger charge is 2.20. The number of aromatic amines is 1. The number of carbonyl (C=O) groups is 2. The first-order chi connectivity index (χ1) is 13.0. The molecule has 1 aromatic carbocycles. The van der Waals surface area contributed by atoms with Gasteiger partial charge in [-0.15, -0.1) is 0 Å². The quantitative estimate of drug-likeness (QED) is 0.625. The fraction of sp³-hybridized carbons (Fsp3) is 0.350. The van der Waals surface area contributed by atoms with Crippen molar-refractivity contribution >= 4 is 28.6 Å². The van der Waals surface area contributed by atoms with E-state index in [1.165, 1.54) is 0 Å². The van der Waals surface area contributed by atoms with E-state index in [2.05, 4.69) is 15.4 Å². The topological polar surface area (TPSA) is 89.0 Å². The fourth-order valence-electron chi connectivity index (χ4n) is 2.94. The molecular formula is C20H24N4O3. The summed E-state index contributed by atoms with van der Waals surface area (Å²) in [6.07, 6.45) is 3.41. The number of H-pyrrole nitrogens is 1. The highest BCUT2D eigenvalue weighted by molar-refractivity contribution is 5.94. The molecule has 0 aliphatic rings. The van der Waals surface area contributed by atoms with E-state index in [0.29, 0.717) is 12.2 Å². The first-order valence-electron chi connectivity index (χ1n) is 9.04. The smallest absolute Gasteiger partial charge is 0.306 e. The van der Waals surface area contributed by atoms with Crippen molar-refractivity contribution < 1.29 is 14.3 Å². The van der Waals surface area contributed by atoms with Gasteiger partial charge in [0.05, 0.1) is 6.20 Å². The van der Waals surface area contributed by atoms with E-state index in [1.54, 1.807) is 23.9 Å². The lowest BCUT2D eigenvalue weighted by Gasteiger charge is -2.15. The van der Waals surface area contributed by atoms with E-state index < -0.39 is 12.1 Å². The maximum absolute atomic E-state index is 12.3.